The highest BCUT2D eigenvalue weighted by atomic mass is 19.4. The van der Waals surface area contributed by atoms with Gasteiger partial charge in [-0.1, -0.05) is 0 Å². The molecule has 0 bridgehead atoms. The molecule has 0 saturated heterocycles. The molecule has 6 heteroatoms. The molecule has 0 N–H and O–H groups in total. The van der Waals surface area contributed by atoms with Gasteiger partial charge in [0, 0.05) is 19.4 Å². The third-order valence-corrected chi connectivity index (χ3v) is 1.46. The first-order valence-electron chi connectivity index (χ1n) is 3.27. The van der Waals surface area contributed by atoms with Gasteiger partial charge >= 0.3 is 6.18 Å². The monoisotopic (exact) mass is 184 g/mol. The lowest BCUT2D eigenvalue weighted by molar-refractivity contribution is -0.155. The third kappa shape index (κ3) is 2.02. The fourth-order valence-corrected chi connectivity index (χ4v) is 0.902. The van der Waals surface area contributed by atoms with Crippen molar-refractivity contribution in [1.82, 2.24) is 9.80 Å². The number of halogens is 4. The van der Waals surface area contributed by atoms with Crippen LogP contribution in [0.2, 0.25) is 0 Å². The van der Waals surface area contributed by atoms with E-state index < -0.39 is 19.1 Å². The number of hydrogen-bond acceptors (Lipinski definition) is 2. The lowest BCUT2D eigenvalue weighted by atomic mass is 10.5. The van der Waals surface area contributed by atoms with Crippen molar-refractivity contribution in [3.63, 3.8) is 0 Å². The molecule has 70 valence electrons. The smallest absolute Gasteiger partial charge is 0.333 e. The maximum absolute atomic E-state index is 12.8. The summed E-state index contributed by atoms with van der Waals surface area (Å²) in [4.78, 5) is 1.64. The zero-order chi connectivity index (χ0) is 9.35. The molecule has 1 atom stereocenters. The molecule has 0 aliphatic carbocycles. The Kier molecular flexibility index (Phi) is 2.16. The van der Waals surface area contributed by atoms with Crippen LogP contribution in [0.25, 0.3) is 0 Å². The van der Waals surface area contributed by atoms with Crippen LogP contribution in [-0.2, 0) is 0 Å². The minimum atomic E-state index is -4.36. The van der Waals surface area contributed by atoms with E-state index in [9.17, 15) is 17.6 Å². The summed E-state index contributed by atoms with van der Waals surface area (Å²) >= 11 is 0. The summed E-state index contributed by atoms with van der Waals surface area (Å²) in [5.41, 5.74) is 0. The molecule has 1 unspecified atom stereocenters. The highest BCUT2D eigenvalue weighted by molar-refractivity contribution is 4.92. The fourth-order valence-electron chi connectivity index (χ4n) is 0.902. The minimum Gasteiger partial charge on any atom is -0.333 e. The Labute approximate surface area is 67.1 Å². The van der Waals surface area contributed by atoms with Crippen LogP contribution in [0.3, 0.4) is 0 Å². The van der Waals surface area contributed by atoms with Gasteiger partial charge in [-0.15, -0.1) is 0 Å². The Balaban J connectivity index is 2.51. The molecule has 0 aromatic rings. The second-order valence-electron chi connectivity index (χ2n) is 2.56. The van der Waals surface area contributed by atoms with Crippen molar-refractivity contribution < 1.29 is 17.6 Å². The first-order chi connectivity index (χ1) is 5.40. The van der Waals surface area contributed by atoms with E-state index >= 15 is 0 Å². The number of rotatable bonds is 1. The molecule has 1 aliphatic heterocycles. The maximum atomic E-state index is 12.8. The van der Waals surface area contributed by atoms with Crippen LogP contribution in [-0.4, -0.2) is 36.0 Å². The van der Waals surface area contributed by atoms with E-state index in [1.165, 1.54) is 13.2 Å². The lowest BCUT2D eigenvalue weighted by Crippen LogP contribution is -2.38. The standard InChI is InChI=1S/C6H8F4N2/c1-11-2-3-12(5(11)7)4-6(8,9)10/h2-3,5H,4H2,1H3. The average molecular weight is 184 g/mol. The van der Waals surface area contributed by atoms with Crippen LogP contribution in [0.4, 0.5) is 17.6 Å². The summed E-state index contributed by atoms with van der Waals surface area (Å²) in [6, 6.07) is 0. The van der Waals surface area contributed by atoms with Crippen LogP contribution in [0.1, 0.15) is 0 Å². The minimum absolute atomic E-state index is 0.583. The molecule has 1 heterocycles. The molecular weight excluding hydrogens is 176 g/mol. The number of alkyl halides is 4. The predicted octanol–water partition coefficient (Wildman–Crippen LogP) is 1.52. The summed E-state index contributed by atoms with van der Waals surface area (Å²) in [6.45, 7) is -1.25. The molecule has 0 radical (unpaired) electrons. The van der Waals surface area contributed by atoms with Gasteiger partial charge < -0.3 is 9.80 Å². The van der Waals surface area contributed by atoms with Crippen molar-refractivity contribution in [3.05, 3.63) is 12.4 Å². The summed E-state index contributed by atoms with van der Waals surface area (Å²) in [5.74, 6) is 0. The molecule has 0 fully saturated rings. The number of nitrogens with zero attached hydrogens (tertiary/aromatic N) is 2. The van der Waals surface area contributed by atoms with Crippen LogP contribution >= 0.6 is 0 Å². The molecule has 1 rings (SSSR count). The maximum Gasteiger partial charge on any atom is 0.406 e. The largest absolute Gasteiger partial charge is 0.406 e. The first-order valence-corrected chi connectivity index (χ1v) is 3.27. The van der Waals surface area contributed by atoms with Gasteiger partial charge in [0.1, 0.15) is 6.54 Å². The van der Waals surface area contributed by atoms with E-state index in [1.54, 1.807) is 0 Å². The van der Waals surface area contributed by atoms with Crippen molar-refractivity contribution >= 4 is 0 Å². The van der Waals surface area contributed by atoms with Gasteiger partial charge in [-0.2, -0.15) is 17.6 Å². The molecule has 0 spiro atoms. The van der Waals surface area contributed by atoms with Gasteiger partial charge in [-0.05, 0) is 0 Å². The van der Waals surface area contributed by atoms with Crippen molar-refractivity contribution in [2.45, 2.75) is 12.6 Å². The normalized spacial score (nSPS) is 23.9. The van der Waals surface area contributed by atoms with Gasteiger partial charge in [-0.3, -0.25) is 0 Å². The summed E-state index contributed by atoms with van der Waals surface area (Å²) in [6.07, 6.45) is -3.72. The SMILES string of the molecule is CN1C=CN(CC(F)(F)F)C1F. The third-order valence-electron chi connectivity index (χ3n) is 1.46. The zero-order valence-electron chi connectivity index (χ0n) is 6.35. The van der Waals surface area contributed by atoms with Gasteiger partial charge in [0.2, 0.25) is 6.42 Å². The lowest BCUT2D eigenvalue weighted by Gasteiger charge is -2.23. The van der Waals surface area contributed by atoms with E-state index in [2.05, 4.69) is 0 Å². The second-order valence-corrected chi connectivity index (χ2v) is 2.56. The molecule has 1 aliphatic rings. The van der Waals surface area contributed by atoms with Crippen LogP contribution in [0.15, 0.2) is 12.4 Å². The van der Waals surface area contributed by atoms with Crippen LogP contribution < -0.4 is 0 Å². The van der Waals surface area contributed by atoms with E-state index in [-0.39, 0.29) is 0 Å². The summed E-state index contributed by atoms with van der Waals surface area (Å²) < 4.78 is 48.0. The van der Waals surface area contributed by atoms with E-state index in [0.29, 0.717) is 4.90 Å². The zero-order valence-corrected chi connectivity index (χ0v) is 6.35. The second kappa shape index (κ2) is 2.84. The van der Waals surface area contributed by atoms with Crippen molar-refractivity contribution in [1.29, 1.82) is 0 Å². The van der Waals surface area contributed by atoms with Crippen molar-refractivity contribution in [2.24, 2.45) is 0 Å². The Bertz CT molecular complexity index is 188. The molecule has 0 aromatic carbocycles. The first kappa shape index (κ1) is 9.15. The molecule has 0 amide bonds. The van der Waals surface area contributed by atoms with Gasteiger partial charge in [0.05, 0.1) is 0 Å². The molecular formula is C6H8F4N2. The summed E-state index contributed by atoms with van der Waals surface area (Å²) in [7, 11) is 1.37. The van der Waals surface area contributed by atoms with E-state index in [4.69, 9.17) is 0 Å². The predicted molar refractivity (Wildman–Crippen MR) is 34.6 cm³/mol. The van der Waals surface area contributed by atoms with Gasteiger partial charge in [0.25, 0.3) is 0 Å². The van der Waals surface area contributed by atoms with Crippen molar-refractivity contribution in [2.75, 3.05) is 13.6 Å². The van der Waals surface area contributed by atoms with E-state index in [0.717, 1.165) is 11.1 Å². The quantitative estimate of drug-likeness (QED) is 0.450. The molecule has 0 saturated carbocycles. The average Bonchev–Trinajstić information content (AvgIpc) is 2.16. The molecule has 12 heavy (non-hydrogen) atoms. The van der Waals surface area contributed by atoms with Gasteiger partial charge in [-0.25, -0.2) is 0 Å². The van der Waals surface area contributed by atoms with Crippen LogP contribution in [0, 0.1) is 0 Å². The van der Waals surface area contributed by atoms with Crippen LogP contribution in [0.5, 0.6) is 0 Å². The Morgan fingerprint density at radius 3 is 2.25 bits per heavy atom. The highest BCUT2D eigenvalue weighted by Gasteiger charge is 2.35. The fraction of sp³-hybridized carbons (Fsp3) is 0.667. The Hall–Kier alpha value is -0.940. The number of hydrogen-bond donors (Lipinski definition) is 0. The summed E-state index contributed by atoms with van der Waals surface area (Å²) in [5, 5.41) is 0. The van der Waals surface area contributed by atoms with Gasteiger partial charge in [0.15, 0.2) is 0 Å². The Morgan fingerprint density at radius 2 is 1.92 bits per heavy atom. The molecule has 0 aromatic heterocycles. The van der Waals surface area contributed by atoms with Crippen molar-refractivity contribution in [3.8, 4) is 0 Å². The van der Waals surface area contributed by atoms with E-state index in [1.807, 2.05) is 0 Å². The topological polar surface area (TPSA) is 6.48 Å². The highest BCUT2D eigenvalue weighted by Crippen LogP contribution is 2.22. The Morgan fingerprint density at radius 1 is 1.33 bits per heavy atom. The molecule has 2 nitrogen and oxygen atoms in total.